The van der Waals surface area contributed by atoms with Crippen LogP contribution >= 0.6 is 0 Å². The third kappa shape index (κ3) is 2.22. The van der Waals surface area contributed by atoms with Gasteiger partial charge in [-0.1, -0.05) is 6.07 Å². The molecule has 1 atom stereocenters. The Morgan fingerprint density at radius 2 is 2.38 bits per heavy atom. The van der Waals surface area contributed by atoms with E-state index in [0.717, 1.165) is 12.8 Å². The third-order valence-corrected chi connectivity index (χ3v) is 2.87. The maximum absolute atomic E-state index is 11.3. The van der Waals surface area contributed by atoms with Crippen LogP contribution in [0.15, 0.2) is 24.4 Å². The topological polar surface area (TPSA) is 59.4 Å². The van der Waals surface area contributed by atoms with Crippen LogP contribution in [0.1, 0.15) is 25.5 Å². The zero-order valence-corrected chi connectivity index (χ0v) is 9.22. The number of aliphatic carboxylic acids is 1. The molecule has 0 amide bonds. The number of pyridine rings is 1. The number of hydrogen-bond acceptors (Lipinski definition) is 3. The highest BCUT2D eigenvalue weighted by atomic mass is 16.5. The molecule has 1 fully saturated rings. The predicted octanol–water partition coefficient (Wildman–Crippen LogP) is 1.81. The first-order valence-corrected chi connectivity index (χ1v) is 5.42. The Morgan fingerprint density at radius 3 is 2.88 bits per heavy atom. The summed E-state index contributed by atoms with van der Waals surface area (Å²) in [6, 6.07) is 5.21. The summed E-state index contributed by atoms with van der Waals surface area (Å²) < 4.78 is 5.54. The predicted molar refractivity (Wildman–Crippen MR) is 57.9 cm³/mol. The van der Waals surface area contributed by atoms with Gasteiger partial charge in [-0.05, 0) is 37.8 Å². The van der Waals surface area contributed by atoms with Crippen molar-refractivity contribution in [2.75, 3.05) is 6.61 Å². The Balaban J connectivity index is 2.16. The lowest BCUT2D eigenvalue weighted by atomic mass is 10.0. The number of rotatable bonds is 5. The maximum Gasteiger partial charge on any atom is 0.342 e. The first kappa shape index (κ1) is 11.1. The zero-order chi connectivity index (χ0) is 11.6. The molecule has 86 valence electrons. The summed E-state index contributed by atoms with van der Waals surface area (Å²) in [5.74, 6) is -0.464. The van der Waals surface area contributed by atoms with Gasteiger partial charge in [0.1, 0.15) is 0 Å². The van der Waals surface area contributed by atoms with Gasteiger partial charge in [0, 0.05) is 6.20 Å². The van der Waals surface area contributed by atoms with Gasteiger partial charge < -0.3 is 9.84 Å². The smallest absolute Gasteiger partial charge is 0.342 e. The van der Waals surface area contributed by atoms with Crippen LogP contribution in [-0.4, -0.2) is 22.7 Å². The average molecular weight is 221 g/mol. The summed E-state index contributed by atoms with van der Waals surface area (Å²) in [6.07, 6.45) is 3.85. The highest BCUT2D eigenvalue weighted by molar-refractivity contribution is 5.78. The fourth-order valence-corrected chi connectivity index (χ4v) is 1.46. The molecule has 1 aliphatic carbocycles. The first-order valence-electron chi connectivity index (χ1n) is 5.42. The van der Waals surface area contributed by atoms with Crippen LogP contribution in [0.2, 0.25) is 0 Å². The van der Waals surface area contributed by atoms with E-state index in [-0.39, 0.29) is 0 Å². The molecule has 4 nitrogen and oxygen atoms in total. The number of aromatic nitrogens is 1. The molecule has 0 radical (unpaired) electrons. The van der Waals surface area contributed by atoms with Crippen LogP contribution in [0.25, 0.3) is 0 Å². The van der Waals surface area contributed by atoms with Crippen molar-refractivity contribution in [2.45, 2.75) is 25.4 Å². The van der Waals surface area contributed by atoms with Crippen molar-refractivity contribution in [2.24, 2.45) is 5.92 Å². The Morgan fingerprint density at radius 1 is 1.62 bits per heavy atom. The summed E-state index contributed by atoms with van der Waals surface area (Å²) in [5.41, 5.74) is -0.882. The number of carboxylic acids is 1. The monoisotopic (exact) mass is 221 g/mol. The first-order chi connectivity index (χ1) is 7.63. The van der Waals surface area contributed by atoms with Gasteiger partial charge in [0.25, 0.3) is 0 Å². The summed E-state index contributed by atoms with van der Waals surface area (Å²) >= 11 is 0. The summed E-state index contributed by atoms with van der Waals surface area (Å²) in [7, 11) is 0. The summed E-state index contributed by atoms with van der Waals surface area (Å²) in [5, 5.41) is 9.25. The molecule has 2 rings (SSSR count). The highest BCUT2D eigenvalue weighted by Crippen LogP contribution is 2.33. The van der Waals surface area contributed by atoms with Crippen LogP contribution in [0.4, 0.5) is 0 Å². The quantitative estimate of drug-likeness (QED) is 0.823. The van der Waals surface area contributed by atoms with E-state index in [1.54, 1.807) is 31.3 Å². The van der Waals surface area contributed by atoms with Crippen LogP contribution < -0.4 is 0 Å². The Bertz CT molecular complexity index is 375. The van der Waals surface area contributed by atoms with E-state index in [1.165, 1.54) is 0 Å². The van der Waals surface area contributed by atoms with Crippen molar-refractivity contribution < 1.29 is 14.6 Å². The van der Waals surface area contributed by atoms with Crippen molar-refractivity contribution in [3.8, 4) is 0 Å². The SMILES string of the molecule is CC(OCC1CC1)(C(=O)O)c1ccccn1. The second-order valence-corrected chi connectivity index (χ2v) is 4.31. The lowest BCUT2D eigenvalue weighted by molar-refractivity contribution is -0.166. The Hall–Kier alpha value is -1.42. The minimum absolute atomic E-state index is 0.447. The maximum atomic E-state index is 11.3. The lowest BCUT2D eigenvalue weighted by Gasteiger charge is -2.24. The molecule has 0 saturated heterocycles. The lowest BCUT2D eigenvalue weighted by Crippen LogP contribution is -2.37. The zero-order valence-electron chi connectivity index (χ0n) is 9.22. The molecule has 1 aliphatic rings. The van der Waals surface area contributed by atoms with E-state index in [9.17, 15) is 9.90 Å². The highest BCUT2D eigenvalue weighted by Gasteiger charge is 2.39. The summed E-state index contributed by atoms with van der Waals surface area (Å²) in [4.78, 5) is 15.4. The molecular weight excluding hydrogens is 206 g/mol. The number of carbonyl (C=O) groups is 1. The largest absolute Gasteiger partial charge is 0.479 e. The molecule has 1 heterocycles. The standard InChI is InChI=1S/C12H15NO3/c1-12(11(14)15,16-8-9-5-6-9)10-4-2-3-7-13-10/h2-4,7,9H,5-6,8H2,1H3,(H,14,15). The second kappa shape index (κ2) is 4.22. The molecular formula is C12H15NO3. The molecule has 1 aromatic heterocycles. The molecule has 1 N–H and O–H groups in total. The number of ether oxygens (including phenoxy) is 1. The van der Waals surface area contributed by atoms with Crippen LogP contribution in [-0.2, 0) is 15.1 Å². The molecule has 0 aromatic carbocycles. The summed E-state index contributed by atoms with van der Waals surface area (Å²) in [6.45, 7) is 2.05. The molecule has 1 saturated carbocycles. The number of hydrogen-bond donors (Lipinski definition) is 1. The van der Waals surface area contributed by atoms with Crippen molar-refractivity contribution in [3.05, 3.63) is 30.1 Å². The Labute approximate surface area is 94.3 Å². The average Bonchev–Trinajstić information content (AvgIpc) is 3.10. The second-order valence-electron chi connectivity index (χ2n) is 4.31. The van der Waals surface area contributed by atoms with Crippen LogP contribution in [0.5, 0.6) is 0 Å². The normalized spacial score (nSPS) is 19.1. The van der Waals surface area contributed by atoms with E-state index in [1.807, 2.05) is 0 Å². The fourth-order valence-electron chi connectivity index (χ4n) is 1.46. The van der Waals surface area contributed by atoms with Gasteiger partial charge in [0.05, 0.1) is 12.3 Å². The van der Waals surface area contributed by atoms with Gasteiger partial charge in [-0.15, -0.1) is 0 Å². The molecule has 0 bridgehead atoms. The van der Waals surface area contributed by atoms with Gasteiger partial charge >= 0.3 is 5.97 Å². The van der Waals surface area contributed by atoms with E-state index >= 15 is 0 Å². The molecule has 16 heavy (non-hydrogen) atoms. The van der Waals surface area contributed by atoms with E-state index < -0.39 is 11.6 Å². The van der Waals surface area contributed by atoms with Crippen molar-refractivity contribution in [1.82, 2.24) is 4.98 Å². The number of nitrogens with zero attached hydrogens (tertiary/aromatic N) is 1. The van der Waals surface area contributed by atoms with Crippen molar-refractivity contribution >= 4 is 5.97 Å². The van der Waals surface area contributed by atoms with Gasteiger partial charge in [-0.25, -0.2) is 4.79 Å². The Kier molecular flexibility index (Phi) is 2.92. The molecule has 1 aromatic rings. The van der Waals surface area contributed by atoms with Gasteiger partial charge in [-0.2, -0.15) is 0 Å². The molecule has 0 spiro atoms. The third-order valence-electron chi connectivity index (χ3n) is 2.87. The van der Waals surface area contributed by atoms with Crippen LogP contribution in [0, 0.1) is 5.92 Å². The minimum atomic E-state index is -1.33. The van der Waals surface area contributed by atoms with Gasteiger partial charge in [0.2, 0.25) is 5.60 Å². The number of carboxylic acid groups (broad SMARTS) is 1. The molecule has 1 unspecified atom stereocenters. The van der Waals surface area contributed by atoms with Crippen molar-refractivity contribution in [1.29, 1.82) is 0 Å². The van der Waals surface area contributed by atoms with E-state index in [0.29, 0.717) is 18.2 Å². The van der Waals surface area contributed by atoms with Crippen LogP contribution in [0.3, 0.4) is 0 Å². The van der Waals surface area contributed by atoms with Crippen molar-refractivity contribution in [3.63, 3.8) is 0 Å². The fraction of sp³-hybridized carbons (Fsp3) is 0.500. The van der Waals surface area contributed by atoms with Gasteiger partial charge in [0.15, 0.2) is 0 Å². The van der Waals surface area contributed by atoms with E-state index in [2.05, 4.69) is 4.98 Å². The minimum Gasteiger partial charge on any atom is -0.479 e. The van der Waals surface area contributed by atoms with E-state index in [4.69, 9.17) is 4.74 Å². The molecule has 0 aliphatic heterocycles. The molecule has 4 heteroatoms. The van der Waals surface area contributed by atoms with Gasteiger partial charge in [-0.3, -0.25) is 4.98 Å².